The van der Waals surface area contributed by atoms with Gasteiger partial charge in [-0.15, -0.1) is 0 Å². The van der Waals surface area contributed by atoms with E-state index in [0.29, 0.717) is 40.3 Å². The molecular weight excluding hydrogens is 426 g/mol. The molecule has 3 aromatic rings. The Kier molecular flexibility index (Phi) is 4.74. The largest absolute Gasteiger partial charge is 0.496 e. The van der Waals surface area contributed by atoms with E-state index in [0.717, 1.165) is 16.6 Å². The number of carbonyl (C=O) groups excluding carboxylic acids is 2. The zero-order valence-electron chi connectivity index (χ0n) is 17.9. The van der Waals surface area contributed by atoms with E-state index in [9.17, 15) is 13.8 Å². The number of carbonyl (C=O) groups is 2. The Morgan fingerprint density at radius 1 is 1.06 bits per heavy atom. The summed E-state index contributed by atoms with van der Waals surface area (Å²) in [5, 5.41) is 1.50. The standard InChI is InChI=1S/C25H21NO5S/c1-14-11-16-12-15-9-10-25(21(15)22(30-2)20(16)24(26-14)31-3)19(27)13-18(23(25)28)32(29)17-7-5-4-6-8-17/h4-8,11-13H,9-10H2,1-3H3/t25-,32?/m1/s1. The number of benzene rings is 2. The molecule has 0 N–H and O–H groups in total. The van der Waals surface area contributed by atoms with Crippen LogP contribution in [0.3, 0.4) is 0 Å². The van der Waals surface area contributed by atoms with Gasteiger partial charge in [0.25, 0.3) is 0 Å². The minimum Gasteiger partial charge on any atom is -0.496 e. The van der Waals surface area contributed by atoms with Gasteiger partial charge in [-0.25, -0.2) is 9.19 Å². The van der Waals surface area contributed by atoms with Gasteiger partial charge in [-0.1, -0.05) is 24.3 Å². The quantitative estimate of drug-likeness (QED) is 0.569. The van der Waals surface area contributed by atoms with Crippen molar-refractivity contribution in [1.82, 2.24) is 4.98 Å². The lowest BCUT2D eigenvalue weighted by atomic mass is 9.76. The first kappa shape index (κ1) is 20.6. The Balaban J connectivity index is 1.72. The summed E-state index contributed by atoms with van der Waals surface area (Å²) in [4.78, 5) is 32.1. The molecular formula is C25H21NO5S. The smallest absolute Gasteiger partial charge is 0.225 e. The zero-order valence-corrected chi connectivity index (χ0v) is 18.7. The average molecular weight is 448 g/mol. The van der Waals surface area contributed by atoms with Crippen molar-refractivity contribution in [2.24, 2.45) is 0 Å². The number of rotatable bonds is 4. The number of aromatic nitrogens is 1. The molecule has 5 rings (SSSR count). The molecule has 32 heavy (non-hydrogen) atoms. The minimum atomic E-state index is -1.74. The molecule has 0 aliphatic heterocycles. The third kappa shape index (κ3) is 2.70. The minimum absolute atomic E-state index is 0.0326. The molecule has 0 amide bonds. The monoisotopic (exact) mass is 447 g/mol. The molecule has 2 atom stereocenters. The van der Waals surface area contributed by atoms with E-state index >= 15 is 0 Å². The molecule has 2 aliphatic rings. The molecule has 6 nitrogen and oxygen atoms in total. The summed E-state index contributed by atoms with van der Waals surface area (Å²) in [7, 11) is 1.30. The van der Waals surface area contributed by atoms with Gasteiger partial charge in [0.2, 0.25) is 5.88 Å². The maximum absolute atomic E-state index is 13.7. The summed E-state index contributed by atoms with van der Waals surface area (Å²) < 4.78 is 24.5. The summed E-state index contributed by atoms with van der Waals surface area (Å²) in [5.41, 5.74) is 0.788. The molecule has 7 heteroatoms. The second-order valence-corrected chi connectivity index (χ2v) is 9.45. The number of methoxy groups -OCH3 is 2. The molecule has 0 bridgehead atoms. The topological polar surface area (TPSA) is 82.6 Å². The predicted octanol–water partition coefficient (Wildman–Crippen LogP) is 3.59. The highest BCUT2D eigenvalue weighted by molar-refractivity contribution is 7.90. The average Bonchev–Trinajstić information content (AvgIpc) is 3.31. The highest BCUT2D eigenvalue weighted by Gasteiger charge is 2.57. The molecule has 2 aliphatic carbocycles. The van der Waals surface area contributed by atoms with Gasteiger partial charge >= 0.3 is 0 Å². The van der Waals surface area contributed by atoms with E-state index in [1.54, 1.807) is 24.3 Å². The van der Waals surface area contributed by atoms with Crippen molar-refractivity contribution in [3.05, 3.63) is 70.3 Å². The Hall–Kier alpha value is -3.32. The fraction of sp³-hybridized carbons (Fsp3) is 0.240. The van der Waals surface area contributed by atoms with Gasteiger partial charge in [0, 0.05) is 22.2 Å². The molecule has 0 saturated heterocycles. The number of nitrogens with zero attached hydrogens (tertiary/aromatic N) is 1. The van der Waals surface area contributed by atoms with Crippen LogP contribution in [0.1, 0.15) is 23.2 Å². The molecule has 0 saturated carbocycles. The van der Waals surface area contributed by atoms with Crippen LogP contribution in [0, 0.1) is 6.92 Å². The second kappa shape index (κ2) is 7.38. The van der Waals surface area contributed by atoms with Crippen molar-refractivity contribution in [3.63, 3.8) is 0 Å². The first-order valence-electron chi connectivity index (χ1n) is 10.3. The first-order chi connectivity index (χ1) is 15.4. The van der Waals surface area contributed by atoms with Crippen LogP contribution in [0.2, 0.25) is 0 Å². The molecule has 1 heterocycles. The first-order valence-corrected chi connectivity index (χ1v) is 11.4. The molecule has 1 unspecified atom stereocenters. The van der Waals surface area contributed by atoms with Crippen molar-refractivity contribution in [3.8, 4) is 11.6 Å². The molecule has 162 valence electrons. The normalized spacial score (nSPS) is 20.5. The number of hydrogen-bond donors (Lipinski definition) is 0. The van der Waals surface area contributed by atoms with Crippen molar-refractivity contribution in [1.29, 1.82) is 0 Å². The molecule has 1 spiro atoms. The molecule has 1 aromatic heterocycles. The van der Waals surface area contributed by atoms with Crippen molar-refractivity contribution in [2.45, 2.75) is 30.1 Å². The van der Waals surface area contributed by atoms with Crippen LogP contribution in [-0.2, 0) is 32.2 Å². The molecule has 0 radical (unpaired) electrons. The van der Waals surface area contributed by atoms with Gasteiger partial charge in [-0.2, -0.15) is 0 Å². The Morgan fingerprint density at radius 2 is 1.81 bits per heavy atom. The number of Topliss-reactive ketones (excluding diaryl/α,β-unsaturated/α-hetero) is 1. The number of fused-ring (bicyclic) bond motifs is 3. The van der Waals surface area contributed by atoms with Crippen LogP contribution in [0.15, 0.2) is 58.3 Å². The van der Waals surface area contributed by atoms with E-state index in [1.807, 2.05) is 25.1 Å². The van der Waals surface area contributed by atoms with Crippen molar-refractivity contribution in [2.75, 3.05) is 14.2 Å². The lowest BCUT2D eigenvalue weighted by Gasteiger charge is -2.25. The SMILES string of the molecule is COc1nc(C)cc2cc3c(c(OC)c12)[C@@]1(CC3)C(=O)C=C(S(=O)c2ccccc2)C1=O. The number of aryl methyl sites for hydroxylation is 2. The van der Waals surface area contributed by atoms with Crippen LogP contribution in [0.25, 0.3) is 10.8 Å². The number of pyridine rings is 1. The lowest BCUT2D eigenvalue weighted by molar-refractivity contribution is -0.128. The van der Waals surface area contributed by atoms with Crippen molar-refractivity contribution < 1.29 is 23.3 Å². The van der Waals surface area contributed by atoms with Gasteiger partial charge in [-0.05, 0) is 48.9 Å². The second-order valence-electron chi connectivity index (χ2n) is 8.00. The summed E-state index contributed by atoms with van der Waals surface area (Å²) >= 11 is 0. The highest BCUT2D eigenvalue weighted by Crippen LogP contribution is 2.53. The third-order valence-electron chi connectivity index (χ3n) is 6.29. The number of ketones is 2. The maximum Gasteiger partial charge on any atom is 0.225 e. The van der Waals surface area contributed by atoms with E-state index < -0.39 is 22.0 Å². The van der Waals surface area contributed by atoms with Crippen molar-refractivity contribution >= 4 is 33.1 Å². The lowest BCUT2D eigenvalue weighted by Crippen LogP contribution is -2.38. The van der Waals surface area contributed by atoms with Gasteiger partial charge in [0.1, 0.15) is 11.2 Å². The van der Waals surface area contributed by atoms with Gasteiger partial charge in [-0.3, -0.25) is 9.59 Å². The van der Waals surface area contributed by atoms with Gasteiger partial charge in [0.05, 0.1) is 35.3 Å². The highest BCUT2D eigenvalue weighted by atomic mass is 32.2. The summed E-state index contributed by atoms with van der Waals surface area (Å²) in [6.07, 6.45) is 2.12. The Morgan fingerprint density at radius 3 is 2.50 bits per heavy atom. The fourth-order valence-electron chi connectivity index (χ4n) is 4.92. The van der Waals surface area contributed by atoms with E-state index in [2.05, 4.69) is 4.98 Å². The third-order valence-corrected chi connectivity index (χ3v) is 7.70. The summed E-state index contributed by atoms with van der Waals surface area (Å²) in [6.45, 7) is 1.88. The summed E-state index contributed by atoms with van der Waals surface area (Å²) in [6, 6.07) is 12.6. The Labute approximate surface area is 187 Å². The Bertz CT molecular complexity index is 1360. The van der Waals surface area contributed by atoms with Crippen LogP contribution >= 0.6 is 0 Å². The van der Waals surface area contributed by atoms with E-state index in [1.165, 1.54) is 20.3 Å². The van der Waals surface area contributed by atoms with Gasteiger partial charge < -0.3 is 9.47 Å². The van der Waals surface area contributed by atoms with Crippen LogP contribution in [0.4, 0.5) is 0 Å². The number of ether oxygens (including phenoxy) is 2. The predicted molar refractivity (Wildman–Crippen MR) is 121 cm³/mol. The van der Waals surface area contributed by atoms with E-state index in [4.69, 9.17) is 9.47 Å². The maximum atomic E-state index is 13.7. The number of hydrogen-bond acceptors (Lipinski definition) is 6. The van der Waals surface area contributed by atoms with Crippen LogP contribution in [-0.4, -0.2) is 35.0 Å². The summed E-state index contributed by atoms with van der Waals surface area (Å²) in [5.74, 6) is 0.0270. The molecule has 0 fully saturated rings. The zero-order chi connectivity index (χ0) is 22.6. The van der Waals surface area contributed by atoms with E-state index in [-0.39, 0.29) is 10.7 Å². The fourth-order valence-corrected chi connectivity index (χ4v) is 6.13. The molecule has 2 aromatic carbocycles. The van der Waals surface area contributed by atoms with Gasteiger partial charge in [0.15, 0.2) is 11.6 Å². The number of allylic oxidation sites excluding steroid dienone is 2. The van der Waals surface area contributed by atoms with Crippen LogP contribution < -0.4 is 9.47 Å². The van der Waals surface area contributed by atoms with Crippen LogP contribution in [0.5, 0.6) is 11.6 Å².